The van der Waals surface area contributed by atoms with Gasteiger partial charge in [-0.15, -0.1) is 0 Å². The Morgan fingerprint density at radius 1 is 1.38 bits per heavy atom. The van der Waals surface area contributed by atoms with Crippen molar-refractivity contribution in [2.45, 2.75) is 52.0 Å². The Morgan fingerprint density at radius 2 is 2.00 bits per heavy atom. The van der Waals surface area contributed by atoms with Gasteiger partial charge in [-0.05, 0) is 25.2 Å². The second-order valence-corrected chi connectivity index (χ2v) is 4.39. The first-order valence-electron chi connectivity index (χ1n) is 6.09. The van der Waals surface area contributed by atoms with E-state index in [0.717, 1.165) is 32.1 Å². The normalized spacial score (nSPS) is 18.1. The van der Waals surface area contributed by atoms with Crippen molar-refractivity contribution in [1.82, 2.24) is 5.32 Å². The lowest BCUT2D eigenvalue weighted by molar-refractivity contribution is -0.149. The predicted molar refractivity (Wildman–Crippen MR) is 60.8 cm³/mol. The van der Waals surface area contributed by atoms with Crippen LogP contribution in [0.25, 0.3) is 0 Å². The van der Waals surface area contributed by atoms with Gasteiger partial charge in [-0.3, -0.25) is 4.79 Å². The minimum Gasteiger partial charge on any atom is -0.464 e. The molecule has 0 aromatic rings. The number of rotatable bonds is 5. The molecule has 1 fully saturated rings. The van der Waals surface area contributed by atoms with Crippen molar-refractivity contribution in [2.75, 3.05) is 6.61 Å². The molecule has 0 aromatic heterocycles. The van der Waals surface area contributed by atoms with Gasteiger partial charge in [0.1, 0.15) is 6.04 Å². The summed E-state index contributed by atoms with van der Waals surface area (Å²) in [5, 5.41) is 2.72. The molecule has 4 heteroatoms. The Labute approximate surface area is 96.7 Å². The highest BCUT2D eigenvalue weighted by Gasteiger charge is 2.32. The fraction of sp³-hybridized carbons (Fsp3) is 0.833. The number of hydrogen-bond acceptors (Lipinski definition) is 3. The Balaban J connectivity index is 2.54. The number of ether oxygens (including phenoxy) is 1. The monoisotopic (exact) mass is 227 g/mol. The van der Waals surface area contributed by atoms with E-state index >= 15 is 0 Å². The molecule has 1 unspecified atom stereocenters. The van der Waals surface area contributed by atoms with Crippen LogP contribution in [0, 0.1) is 5.92 Å². The van der Waals surface area contributed by atoms with Crippen molar-refractivity contribution >= 4 is 11.9 Å². The van der Waals surface area contributed by atoms with Gasteiger partial charge in [0.25, 0.3) is 0 Å². The van der Waals surface area contributed by atoms with Crippen molar-refractivity contribution in [3.8, 4) is 0 Å². The van der Waals surface area contributed by atoms with Crippen LogP contribution >= 0.6 is 0 Å². The third-order valence-electron chi connectivity index (χ3n) is 2.93. The summed E-state index contributed by atoms with van der Waals surface area (Å²) in [6.45, 7) is 3.83. The van der Waals surface area contributed by atoms with E-state index in [2.05, 4.69) is 5.32 Å². The van der Waals surface area contributed by atoms with E-state index in [4.69, 9.17) is 4.74 Å². The maximum Gasteiger partial charge on any atom is 0.328 e. The highest BCUT2D eigenvalue weighted by atomic mass is 16.5. The lowest BCUT2D eigenvalue weighted by Gasteiger charge is -2.22. The van der Waals surface area contributed by atoms with Gasteiger partial charge >= 0.3 is 5.97 Å². The molecule has 1 N–H and O–H groups in total. The Morgan fingerprint density at radius 3 is 2.50 bits per heavy atom. The van der Waals surface area contributed by atoms with Crippen LogP contribution in [0.1, 0.15) is 46.0 Å². The van der Waals surface area contributed by atoms with Crippen LogP contribution in [0.2, 0.25) is 0 Å². The van der Waals surface area contributed by atoms with Gasteiger partial charge in [-0.1, -0.05) is 19.8 Å². The number of amides is 1. The first-order chi connectivity index (χ1) is 7.65. The molecule has 1 saturated carbocycles. The first kappa shape index (κ1) is 13.0. The summed E-state index contributed by atoms with van der Waals surface area (Å²) < 4.78 is 5.11. The van der Waals surface area contributed by atoms with E-state index in [9.17, 15) is 9.59 Å². The highest BCUT2D eigenvalue weighted by molar-refractivity contribution is 5.83. The van der Waals surface area contributed by atoms with E-state index in [1.807, 2.05) is 6.92 Å². The van der Waals surface area contributed by atoms with Crippen LogP contribution in [0.3, 0.4) is 0 Å². The molecule has 0 heterocycles. The average Bonchev–Trinajstić information content (AvgIpc) is 2.75. The Kier molecular flexibility index (Phi) is 5.29. The third kappa shape index (κ3) is 3.83. The number of nitrogens with one attached hydrogen (secondary N) is 1. The fourth-order valence-electron chi connectivity index (χ4n) is 2.17. The molecule has 92 valence electrons. The third-order valence-corrected chi connectivity index (χ3v) is 2.93. The van der Waals surface area contributed by atoms with Crippen LogP contribution in [-0.4, -0.2) is 24.5 Å². The molecule has 16 heavy (non-hydrogen) atoms. The molecule has 1 aliphatic rings. The summed E-state index contributed by atoms with van der Waals surface area (Å²) in [6, 6.07) is -0.438. The summed E-state index contributed by atoms with van der Waals surface area (Å²) in [6.07, 6.45) is 5.10. The molecule has 0 bridgehead atoms. The summed E-state index contributed by atoms with van der Waals surface area (Å²) in [5.74, 6) is -0.178. The largest absolute Gasteiger partial charge is 0.464 e. The summed E-state index contributed by atoms with van der Waals surface area (Å²) in [4.78, 5) is 22.9. The molecule has 4 nitrogen and oxygen atoms in total. The zero-order valence-electron chi connectivity index (χ0n) is 10.1. The lowest BCUT2D eigenvalue weighted by atomic mass is 9.98. The molecule has 0 radical (unpaired) electrons. The topological polar surface area (TPSA) is 55.4 Å². The summed E-state index contributed by atoms with van der Waals surface area (Å²) >= 11 is 0. The zero-order valence-corrected chi connectivity index (χ0v) is 10.1. The minimum absolute atomic E-state index is 0.162. The molecule has 0 spiro atoms. The van der Waals surface area contributed by atoms with Crippen molar-refractivity contribution in [3.05, 3.63) is 0 Å². The van der Waals surface area contributed by atoms with Crippen molar-refractivity contribution in [1.29, 1.82) is 0 Å². The van der Waals surface area contributed by atoms with Crippen LogP contribution in [0.15, 0.2) is 0 Å². The SMILES string of the molecule is CCCOC(=O)C(NC(C)=O)C1CCCC1. The Hall–Kier alpha value is -1.06. The van der Waals surface area contributed by atoms with Gasteiger partial charge in [0.15, 0.2) is 0 Å². The van der Waals surface area contributed by atoms with Gasteiger partial charge in [0.2, 0.25) is 5.91 Å². The van der Waals surface area contributed by atoms with E-state index in [1.165, 1.54) is 6.92 Å². The number of hydrogen-bond donors (Lipinski definition) is 1. The van der Waals surface area contributed by atoms with Crippen molar-refractivity contribution in [2.24, 2.45) is 5.92 Å². The van der Waals surface area contributed by atoms with Crippen molar-refractivity contribution in [3.63, 3.8) is 0 Å². The predicted octanol–water partition coefficient (Wildman–Crippen LogP) is 1.63. The Bertz CT molecular complexity index is 247. The van der Waals surface area contributed by atoms with Crippen LogP contribution in [0.5, 0.6) is 0 Å². The molecule has 0 saturated heterocycles. The standard InChI is InChI=1S/C12H21NO3/c1-3-8-16-12(15)11(13-9(2)14)10-6-4-5-7-10/h10-11H,3-8H2,1-2H3,(H,13,14). The van der Waals surface area contributed by atoms with Crippen LogP contribution in [0.4, 0.5) is 0 Å². The average molecular weight is 227 g/mol. The molecule has 0 aromatic carbocycles. The van der Waals surface area contributed by atoms with Gasteiger partial charge in [0.05, 0.1) is 6.61 Å². The fourth-order valence-corrected chi connectivity index (χ4v) is 2.17. The molecule has 1 atom stereocenters. The van der Waals surface area contributed by atoms with E-state index in [1.54, 1.807) is 0 Å². The maximum absolute atomic E-state index is 11.8. The molecular formula is C12H21NO3. The molecule has 1 rings (SSSR count). The second-order valence-electron chi connectivity index (χ2n) is 4.39. The lowest BCUT2D eigenvalue weighted by Crippen LogP contribution is -2.45. The minimum atomic E-state index is -0.438. The zero-order chi connectivity index (χ0) is 12.0. The van der Waals surface area contributed by atoms with Gasteiger partial charge in [-0.2, -0.15) is 0 Å². The van der Waals surface area contributed by atoms with Crippen molar-refractivity contribution < 1.29 is 14.3 Å². The van der Waals surface area contributed by atoms with Gasteiger partial charge in [0, 0.05) is 6.92 Å². The number of carbonyl (C=O) groups excluding carboxylic acids is 2. The van der Waals surface area contributed by atoms with Crippen LogP contribution in [-0.2, 0) is 14.3 Å². The second kappa shape index (κ2) is 6.51. The summed E-state index contributed by atoms with van der Waals surface area (Å²) in [5.41, 5.74) is 0. The van der Waals surface area contributed by atoms with E-state index in [0.29, 0.717) is 6.61 Å². The molecule has 1 aliphatic carbocycles. The molecule has 0 aliphatic heterocycles. The van der Waals surface area contributed by atoms with Gasteiger partial charge in [-0.25, -0.2) is 4.79 Å². The van der Waals surface area contributed by atoms with E-state index in [-0.39, 0.29) is 17.8 Å². The summed E-state index contributed by atoms with van der Waals surface area (Å²) in [7, 11) is 0. The number of esters is 1. The highest BCUT2D eigenvalue weighted by Crippen LogP contribution is 2.28. The van der Waals surface area contributed by atoms with Gasteiger partial charge < -0.3 is 10.1 Å². The van der Waals surface area contributed by atoms with E-state index < -0.39 is 6.04 Å². The number of carbonyl (C=O) groups is 2. The smallest absolute Gasteiger partial charge is 0.328 e. The first-order valence-corrected chi connectivity index (χ1v) is 6.09. The van der Waals surface area contributed by atoms with Crippen LogP contribution < -0.4 is 5.32 Å². The quantitative estimate of drug-likeness (QED) is 0.726. The maximum atomic E-state index is 11.8. The molecular weight excluding hydrogens is 206 g/mol. The molecule has 1 amide bonds.